The van der Waals surface area contributed by atoms with Crippen LogP contribution in [0.25, 0.3) is 11.1 Å². The van der Waals surface area contributed by atoms with Crippen LogP contribution in [0, 0.1) is 5.82 Å². The normalized spacial score (nSPS) is 10.6. The summed E-state index contributed by atoms with van der Waals surface area (Å²) in [5.74, 6) is -1.76. The van der Waals surface area contributed by atoms with E-state index in [2.05, 4.69) is 30.9 Å². The average molecular weight is 452 g/mol. The predicted octanol–water partition coefficient (Wildman–Crippen LogP) is 2.82. The number of hydrogen-bond donors (Lipinski definition) is 4. The van der Waals surface area contributed by atoms with Gasteiger partial charge in [0.2, 0.25) is 5.95 Å². The van der Waals surface area contributed by atoms with E-state index in [4.69, 9.17) is 9.15 Å². The van der Waals surface area contributed by atoms with Crippen molar-refractivity contribution >= 4 is 46.6 Å². The van der Waals surface area contributed by atoms with Gasteiger partial charge in [-0.1, -0.05) is 0 Å². The summed E-state index contributed by atoms with van der Waals surface area (Å²) in [6.45, 7) is 2.38. The quantitative estimate of drug-likeness (QED) is 0.296. The number of halogens is 1. The smallest absolute Gasteiger partial charge is 0.417 e. The molecule has 11 nitrogen and oxygen atoms in total. The van der Waals surface area contributed by atoms with Gasteiger partial charge in [-0.05, 0) is 37.3 Å². The minimum Gasteiger partial charge on any atom is -0.428 e. The number of hydrogen-bond acceptors (Lipinski definition) is 9. The summed E-state index contributed by atoms with van der Waals surface area (Å²) in [5, 5.41) is 8.31. The molecule has 1 amide bonds. The highest BCUT2D eigenvalue weighted by atomic mass is 19.1. The van der Waals surface area contributed by atoms with Crippen molar-refractivity contribution in [3.05, 3.63) is 64.5 Å². The number of benzene rings is 2. The molecule has 33 heavy (non-hydrogen) atoms. The van der Waals surface area contributed by atoms with Crippen LogP contribution in [-0.4, -0.2) is 33.9 Å². The summed E-state index contributed by atoms with van der Waals surface area (Å²) < 4.78 is 24.2. The number of fused-ring (bicyclic) bond motifs is 1. The maximum Gasteiger partial charge on any atom is 0.417 e. The van der Waals surface area contributed by atoms with Gasteiger partial charge in [0.1, 0.15) is 5.75 Å². The molecule has 0 aliphatic heterocycles. The number of carbonyl (C=O) groups is 2. The number of anilines is 4. The summed E-state index contributed by atoms with van der Waals surface area (Å²) in [6.07, 6.45) is 0.974. The van der Waals surface area contributed by atoms with Crippen molar-refractivity contribution in [3.63, 3.8) is 0 Å². The Hall–Kier alpha value is -4.74. The molecular weight excluding hydrogens is 435 g/mol. The third-order valence-electron chi connectivity index (χ3n) is 4.42. The number of rotatable bonds is 8. The third kappa shape index (κ3) is 4.79. The molecule has 0 saturated heterocycles. The van der Waals surface area contributed by atoms with Crippen molar-refractivity contribution < 1.29 is 23.1 Å². The second-order valence-electron chi connectivity index (χ2n) is 6.65. The molecule has 0 saturated carbocycles. The molecule has 0 aliphatic rings. The summed E-state index contributed by atoms with van der Waals surface area (Å²) in [6, 6.07) is 9.16. The second-order valence-corrected chi connectivity index (χ2v) is 6.65. The van der Waals surface area contributed by atoms with Gasteiger partial charge in [0, 0.05) is 24.0 Å². The number of amides is 1. The van der Waals surface area contributed by atoms with Gasteiger partial charge in [0.25, 0.3) is 12.4 Å². The largest absolute Gasteiger partial charge is 0.428 e. The van der Waals surface area contributed by atoms with Crippen LogP contribution in [0.2, 0.25) is 0 Å². The van der Waals surface area contributed by atoms with Gasteiger partial charge in [-0.3, -0.25) is 14.6 Å². The molecule has 4 rings (SSSR count). The molecule has 0 bridgehead atoms. The lowest BCUT2D eigenvalue weighted by atomic mass is 10.1. The maximum absolute atomic E-state index is 14.3. The van der Waals surface area contributed by atoms with Crippen molar-refractivity contribution in [2.24, 2.45) is 0 Å². The molecule has 0 aliphatic carbocycles. The van der Waals surface area contributed by atoms with Gasteiger partial charge in [0.15, 0.2) is 17.2 Å². The molecule has 2 heterocycles. The number of aromatic nitrogens is 3. The Bertz CT molecular complexity index is 1400. The molecule has 2 aromatic heterocycles. The van der Waals surface area contributed by atoms with Crippen molar-refractivity contribution in [1.82, 2.24) is 20.3 Å². The summed E-state index contributed by atoms with van der Waals surface area (Å²) in [4.78, 5) is 44.8. The highest BCUT2D eigenvalue weighted by Crippen LogP contribution is 2.26. The van der Waals surface area contributed by atoms with Gasteiger partial charge in [-0.15, -0.1) is 0 Å². The van der Waals surface area contributed by atoms with E-state index in [9.17, 15) is 18.8 Å². The van der Waals surface area contributed by atoms with Crippen LogP contribution in [-0.2, 0) is 4.79 Å². The Morgan fingerprint density at radius 1 is 1.21 bits per heavy atom. The molecule has 4 aromatic rings. The number of carbonyl (C=O) groups excluding carboxylic acids is 2. The highest BCUT2D eigenvalue weighted by Gasteiger charge is 2.14. The molecule has 2 aromatic carbocycles. The number of nitrogens with one attached hydrogen (secondary N) is 4. The monoisotopic (exact) mass is 452 g/mol. The van der Waals surface area contributed by atoms with Crippen molar-refractivity contribution in [2.75, 3.05) is 17.2 Å². The Kier molecular flexibility index (Phi) is 5.98. The zero-order valence-corrected chi connectivity index (χ0v) is 17.1. The van der Waals surface area contributed by atoms with Gasteiger partial charge < -0.3 is 25.1 Å². The summed E-state index contributed by atoms with van der Waals surface area (Å²) in [7, 11) is 0. The molecule has 4 N–H and O–H groups in total. The molecule has 168 valence electrons. The van der Waals surface area contributed by atoms with Gasteiger partial charge in [-0.25, -0.2) is 14.2 Å². The lowest BCUT2D eigenvalue weighted by Crippen LogP contribution is -2.23. The Morgan fingerprint density at radius 2 is 2.00 bits per heavy atom. The van der Waals surface area contributed by atoms with E-state index in [1.54, 1.807) is 31.2 Å². The van der Waals surface area contributed by atoms with Crippen LogP contribution in [0.4, 0.5) is 27.5 Å². The van der Waals surface area contributed by atoms with Crippen LogP contribution in [0.15, 0.2) is 51.8 Å². The summed E-state index contributed by atoms with van der Waals surface area (Å²) in [5.41, 5.74) is 1.82. The molecular formula is C21H17FN6O5. The van der Waals surface area contributed by atoms with E-state index in [1.165, 1.54) is 12.1 Å². The Balaban J connectivity index is 1.58. The molecule has 0 unspecified atom stereocenters. The van der Waals surface area contributed by atoms with Gasteiger partial charge in [-0.2, -0.15) is 4.98 Å². The number of oxazole rings is 1. The number of H-pyrrole nitrogens is 1. The lowest BCUT2D eigenvalue weighted by Gasteiger charge is -2.12. The van der Waals surface area contributed by atoms with E-state index in [-0.39, 0.29) is 29.6 Å². The number of nitrogens with zero attached hydrogens (tertiary/aromatic N) is 2. The van der Waals surface area contributed by atoms with E-state index in [1.807, 2.05) is 0 Å². The van der Waals surface area contributed by atoms with Crippen LogP contribution < -0.4 is 26.4 Å². The minimum absolute atomic E-state index is 0.0313. The van der Waals surface area contributed by atoms with E-state index < -0.39 is 17.5 Å². The van der Waals surface area contributed by atoms with Crippen LogP contribution >= 0.6 is 0 Å². The van der Waals surface area contributed by atoms with Crippen LogP contribution in [0.3, 0.4) is 0 Å². The van der Waals surface area contributed by atoms with E-state index in [0.29, 0.717) is 29.0 Å². The molecule has 0 atom stereocenters. The zero-order chi connectivity index (χ0) is 23.4. The van der Waals surface area contributed by atoms with Crippen molar-refractivity contribution in [2.45, 2.75) is 6.92 Å². The Morgan fingerprint density at radius 3 is 2.79 bits per heavy atom. The first-order valence-corrected chi connectivity index (χ1v) is 9.69. The van der Waals surface area contributed by atoms with Gasteiger partial charge >= 0.3 is 5.76 Å². The molecule has 0 spiro atoms. The third-order valence-corrected chi connectivity index (χ3v) is 4.42. The fourth-order valence-corrected chi connectivity index (χ4v) is 3.00. The van der Waals surface area contributed by atoms with Crippen molar-refractivity contribution in [3.8, 4) is 5.75 Å². The van der Waals surface area contributed by atoms with Gasteiger partial charge in [0.05, 0.1) is 17.3 Å². The molecule has 0 radical (unpaired) electrons. The second kappa shape index (κ2) is 9.18. The first kappa shape index (κ1) is 21.5. The SMILES string of the molecule is CCNC(=O)c1ccc(Nc2ncc(F)c(Nc3ccc4oc(=O)[nH]c4c3)n2)cc1OC=O. The standard InChI is InChI=1S/C21H17FN6O5/c1-2-23-19(30)13-5-3-12(8-17(13)32-10-29)26-20-24-9-14(22)18(28-20)25-11-4-6-16-15(7-11)27-21(31)33-16/h3-10H,2H2,1H3,(H,23,30)(H,27,31)(H2,24,25,26,28). The fraction of sp³-hybridized carbons (Fsp3) is 0.0952. The van der Waals surface area contributed by atoms with Crippen LogP contribution in [0.1, 0.15) is 17.3 Å². The first-order valence-electron chi connectivity index (χ1n) is 9.69. The van der Waals surface area contributed by atoms with E-state index in [0.717, 1.165) is 6.20 Å². The maximum atomic E-state index is 14.3. The first-order chi connectivity index (χ1) is 16.0. The predicted molar refractivity (Wildman–Crippen MR) is 117 cm³/mol. The molecule has 0 fully saturated rings. The summed E-state index contributed by atoms with van der Waals surface area (Å²) >= 11 is 0. The number of ether oxygens (including phenoxy) is 1. The number of aromatic amines is 1. The highest BCUT2D eigenvalue weighted by molar-refractivity contribution is 5.97. The van der Waals surface area contributed by atoms with Crippen LogP contribution in [0.5, 0.6) is 5.75 Å². The van der Waals surface area contributed by atoms with E-state index >= 15 is 0 Å². The fourth-order valence-electron chi connectivity index (χ4n) is 3.00. The topological polar surface area (TPSA) is 151 Å². The minimum atomic E-state index is -0.710. The zero-order valence-electron chi connectivity index (χ0n) is 17.1. The molecule has 12 heteroatoms. The lowest BCUT2D eigenvalue weighted by molar-refractivity contribution is -0.120. The average Bonchev–Trinajstić information content (AvgIpc) is 3.16. The van der Waals surface area contributed by atoms with Crippen molar-refractivity contribution in [1.29, 1.82) is 0 Å². The Labute approximate surface area is 185 Å².